The number of aromatic nitrogens is 2. The summed E-state index contributed by atoms with van der Waals surface area (Å²) in [5, 5.41) is 6.28. The lowest BCUT2D eigenvalue weighted by atomic mass is 10.2. The normalized spacial score (nSPS) is 10.8. The monoisotopic (exact) mass is 447 g/mol. The lowest BCUT2D eigenvalue weighted by Gasteiger charge is -2.17. The third-order valence-electron chi connectivity index (χ3n) is 4.28. The van der Waals surface area contributed by atoms with Crippen molar-refractivity contribution < 1.29 is 9.53 Å². The number of nitrogens with zero attached hydrogens (tertiary/aromatic N) is 3. The molecule has 3 aromatic rings. The number of halogens is 1. The minimum atomic E-state index is -0.00195. The summed E-state index contributed by atoms with van der Waals surface area (Å²) >= 11 is 4.96. The summed E-state index contributed by atoms with van der Waals surface area (Å²) < 4.78 is 8.68. The van der Waals surface area contributed by atoms with Crippen LogP contribution in [0.15, 0.2) is 46.4 Å². The van der Waals surface area contributed by atoms with E-state index in [0.29, 0.717) is 18.0 Å². The highest BCUT2D eigenvalue weighted by atomic mass is 79.9. The Balaban J connectivity index is 1.64. The zero-order chi connectivity index (χ0) is 19.4. The predicted octanol–water partition coefficient (Wildman–Crippen LogP) is 4.89. The van der Waals surface area contributed by atoms with Crippen LogP contribution < -0.4 is 4.74 Å². The number of hydrogen-bond donors (Lipinski definition) is 0. The zero-order valence-electron chi connectivity index (χ0n) is 15.6. The average molecular weight is 448 g/mol. The third-order valence-corrected chi connectivity index (χ3v) is 5.91. The van der Waals surface area contributed by atoms with Gasteiger partial charge in [0, 0.05) is 19.2 Å². The lowest BCUT2D eigenvalue weighted by Crippen LogP contribution is -2.27. The quantitative estimate of drug-likeness (QED) is 0.517. The molecule has 0 spiro atoms. The van der Waals surface area contributed by atoms with Crippen molar-refractivity contribution in [3.8, 4) is 5.75 Å². The van der Waals surface area contributed by atoms with Crippen molar-refractivity contribution in [2.45, 2.75) is 33.5 Å². The first-order valence-electron chi connectivity index (χ1n) is 8.71. The highest BCUT2D eigenvalue weighted by Crippen LogP contribution is 2.23. The second-order valence-electron chi connectivity index (χ2n) is 6.29. The molecule has 0 saturated heterocycles. The van der Waals surface area contributed by atoms with Gasteiger partial charge in [0.2, 0.25) is 0 Å². The van der Waals surface area contributed by atoms with Crippen molar-refractivity contribution in [1.29, 1.82) is 0 Å². The van der Waals surface area contributed by atoms with Crippen LogP contribution in [0.2, 0.25) is 0 Å². The molecule has 0 fully saturated rings. The van der Waals surface area contributed by atoms with Crippen LogP contribution in [-0.4, -0.2) is 27.6 Å². The minimum absolute atomic E-state index is 0.00195. The molecule has 0 bridgehead atoms. The molecule has 0 saturated carbocycles. The summed E-state index contributed by atoms with van der Waals surface area (Å²) in [6.45, 7) is 5.77. The molecule has 0 aliphatic carbocycles. The van der Waals surface area contributed by atoms with E-state index in [0.717, 1.165) is 33.6 Å². The van der Waals surface area contributed by atoms with Gasteiger partial charge in [0.15, 0.2) is 0 Å². The SMILES string of the molecule is CCn1ncc(Br)c1CN(C)C(=O)c1cc(COc2ccccc2C)cs1. The van der Waals surface area contributed by atoms with Crippen molar-refractivity contribution in [3.63, 3.8) is 0 Å². The van der Waals surface area contributed by atoms with Crippen LogP contribution in [0.5, 0.6) is 5.75 Å². The molecule has 1 amide bonds. The van der Waals surface area contributed by atoms with Crippen LogP contribution in [0.4, 0.5) is 0 Å². The number of amides is 1. The predicted molar refractivity (Wildman–Crippen MR) is 111 cm³/mol. The number of carbonyl (C=O) groups is 1. The molecule has 1 aromatic carbocycles. The van der Waals surface area contributed by atoms with E-state index in [1.807, 2.05) is 61.3 Å². The van der Waals surface area contributed by atoms with E-state index in [2.05, 4.69) is 21.0 Å². The van der Waals surface area contributed by atoms with E-state index < -0.39 is 0 Å². The first-order valence-corrected chi connectivity index (χ1v) is 10.4. The summed E-state index contributed by atoms with van der Waals surface area (Å²) in [5.41, 5.74) is 3.09. The number of para-hydroxylation sites is 1. The van der Waals surface area contributed by atoms with Gasteiger partial charge >= 0.3 is 0 Å². The second-order valence-corrected chi connectivity index (χ2v) is 8.06. The molecule has 27 heavy (non-hydrogen) atoms. The molecule has 2 aromatic heterocycles. The van der Waals surface area contributed by atoms with E-state index in [-0.39, 0.29) is 5.91 Å². The highest BCUT2D eigenvalue weighted by molar-refractivity contribution is 9.10. The lowest BCUT2D eigenvalue weighted by molar-refractivity contribution is 0.0786. The largest absolute Gasteiger partial charge is 0.489 e. The fourth-order valence-electron chi connectivity index (χ4n) is 2.74. The number of rotatable bonds is 7. The number of thiophene rings is 1. The summed E-state index contributed by atoms with van der Waals surface area (Å²) in [5.74, 6) is 0.865. The topological polar surface area (TPSA) is 47.4 Å². The Morgan fingerprint density at radius 1 is 1.37 bits per heavy atom. The molecule has 0 radical (unpaired) electrons. The summed E-state index contributed by atoms with van der Waals surface area (Å²) in [6.07, 6.45) is 1.77. The molecule has 5 nitrogen and oxygen atoms in total. The average Bonchev–Trinajstić information content (AvgIpc) is 3.27. The molecule has 7 heteroatoms. The smallest absolute Gasteiger partial charge is 0.264 e. The molecular weight excluding hydrogens is 426 g/mol. The summed E-state index contributed by atoms with van der Waals surface area (Å²) in [6, 6.07) is 9.83. The van der Waals surface area contributed by atoms with Crippen LogP contribution >= 0.6 is 27.3 Å². The number of hydrogen-bond acceptors (Lipinski definition) is 4. The number of benzene rings is 1. The van der Waals surface area contributed by atoms with Gasteiger partial charge < -0.3 is 9.64 Å². The van der Waals surface area contributed by atoms with Gasteiger partial charge in [-0.2, -0.15) is 5.10 Å². The van der Waals surface area contributed by atoms with Crippen molar-refractivity contribution in [3.05, 3.63) is 68.1 Å². The zero-order valence-corrected chi connectivity index (χ0v) is 18.0. The van der Waals surface area contributed by atoms with E-state index in [4.69, 9.17) is 4.74 Å². The maximum Gasteiger partial charge on any atom is 0.264 e. The van der Waals surface area contributed by atoms with Gasteiger partial charge in [0.1, 0.15) is 12.4 Å². The van der Waals surface area contributed by atoms with E-state index >= 15 is 0 Å². The molecule has 0 unspecified atom stereocenters. The van der Waals surface area contributed by atoms with Crippen molar-refractivity contribution >= 4 is 33.2 Å². The first-order chi connectivity index (χ1) is 13.0. The molecule has 2 heterocycles. The Bertz CT molecular complexity index is 935. The Morgan fingerprint density at radius 3 is 2.89 bits per heavy atom. The van der Waals surface area contributed by atoms with Crippen molar-refractivity contribution in [2.24, 2.45) is 0 Å². The van der Waals surface area contributed by atoms with Crippen molar-refractivity contribution in [1.82, 2.24) is 14.7 Å². The van der Waals surface area contributed by atoms with Crippen LogP contribution in [0.1, 0.15) is 33.4 Å². The van der Waals surface area contributed by atoms with Crippen molar-refractivity contribution in [2.75, 3.05) is 7.05 Å². The fourth-order valence-corrected chi connectivity index (χ4v) is 4.06. The third kappa shape index (κ3) is 4.59. The maximum atomic E-state index is 12.8. The van der Waals surface area contributed by atoms with Gasteiger partial charge in [0.05, 0.1) is 27.8 Å². The van der Waals surface area contributed by atoms with Gasteiger partial charge in [0.25, 0.3) is 5.91 Å². The van der Waals surface area contributed by atoms with Gasteiger partial charge in [-0.3, -0.25) is 9.48 Å². The maximum absolute atomic E-state index is 12.8. The van der Waals surface area contributed by atoms with Gasteiger partial charge in [-0.1, -0.05) is 18.2 Å². The summed E-state index contributed by atoms with van der Waals surface area (Å²) in [4.78, 5) is 15.2. The second kappa shape index (κ2) is 8.71. The molecular formula is C20H22BrN3O2S. The number of aryl methyl sites for hydroxylation is 2. The molecule has 3 rings (SSSR count). The first kappa shape index (κ1) is 19.6. The summed E-state index contributed by atoms with van der Waals surface area (Å²) in [7, 11) is 1.81. The molecule has 142 valence electrons. The number of carbonyl (C=O) groups excluding carboxylic acids is 1. The standard InChI is InChI=1S/C20H22BrN3O2S/c1-4-24-17(16(21)10-22-24)11-23(3)20(25)19-9-15(13-27-19)12-26-18-8-6-5-7-14(18)2/h5-10,13H,4,11-12H2,1-3H3. The Labute approximate surface area is 171 Å². The van der Waals surface area contributed by atoms with E-state index in [1.165, 1.54) is 11.3 Å². The number of ether oxygens (including phenoxy) is 1. The van der Waals surface area contributed by atoms with E-state index in [1.54, 1.807) is 11.1 Å². The Kier molecular flexibility index (Phi) is 6.34. The Morgan fingerprint density at radius 2 is 2.15 bits per heavy atom. The highest BCUT2D eigenvalue weighted by Gasteiger charge is 2.18. The minimum Gasteiger partial charge on any atom is -0.489 e. The molecule has 0 atom stereocenters. The molecule has 0 N–H and O–H groups in total. The van der Waals surface area contributed by atoms with Crippen LogP contribution in [0.25, 0.3) is 0 Å². The van der Waals surface area contributed by atoms with Crippen LogP contribution in [0.3, 0.4) is 0 Å². The molecule has 0 aliphatic heterocycles. The van der Waals surface area contributed by atoms with E-state index in [9.17, 15) is 4.79 Å². The molecule has 0 aliphatic rings. The van der Waals surface area contributed by atoms with Gasteiger partial charge in [-0.25, -0.2) is 0 Å². The van der Waals surface area contributed by atoms with Gasteiger partial charge in [-0.15, -0.1) is 11.3 Å². The fraction of sp³-hybridized carbons (Fsp3) is 0.300. The Hall–Kier alpha value is -2.12. The van der Waals surface area contributed by atoms with Crippen LogP contribution in [-0.2, 0) is 19.7 Å². The van der Waals surface area contributed by atoms with Crippen LogP contribution in [0, 0.1) is 6.92 Å². The van der Waals surface area contributed by atoms with Gasteiger partial charge in [-0.05, 0) is 52.9 Å².